The first-order chi connectivity index (χ1) is 9.19. The van der Waals surface area contributed by atoms with Crippen LogP contribution in [-0.2, 0) is 6.54 Å². The number of ether oxygens (including phenoxy) is 1. The van der Waals surface area contributed by atoms with Crippen molar-refractivity contribution in [3.05, 3.63) is 47.7 Å². The van der Waals surface area contributed by atoms with Gasteiger partial charge in [-0.3, -0.25) is 0 Å². The summed E-state index contributed by atoms with van der Waals surface area (Å²) in [7, 11) is 0. The highest BCUT2D eigenvalue weighted by Gasteiger charge is 2.01. The van der Waals surface area contributed by atoms with Gasteiger partial charge >= 0.3 is 0 Å². The predicted molar refractivity (Wildman–Crippen MR) is 78.3 cm³/mol. The van der Waals surface area contributed by atoms with Gasteiger partial charge in [-0.15, -0.1) is 0 Å². The molecule has 0 aliphatic rings. The van der Waals surface area contributed by atoms with Gasteiger partial charge in [0.2, 0.25) is 0 Å². The summed E-state index contributed by atoms with van der Waals surface area (Å²) in [6.07, 6.45) is 1.66. The number of nitrogens with two attached hydrogens (primary N) is 1. The first kappa shape index (κ1) is 13.2. The molecule has 1 heterocycles. The standard InChI is InChI=1S/C15H19N3O/c1-3-19-14-6-4-5-12(8-14)9-17-15-11(2)7-13(16)10-18-15/h4-8,10H,3,9,16H2,1-2H3,(H,17,18). The van der Waals surface area contributed by atoms with Gasteiger partial charge in [0, 0.05) is 6.54 Å². The smallest absolute Gasteiger partial charge is 0.129 e. The Bertz CT molecular complexity index is 555. The zero-order valence-electron chi connectivity index (χ0n) is 11.3. The third-order valence-corrected chi connectivity index (χ3v) is 2.77. The molecule has 0 fully saturated rings. The zero-order chi connectivity index (χ0) is 13.7. The molecule has 0 atom stereocenters. The molecule has 0 amide bonds. The molecular weight excluding hydrogens is 238 g/mol. The van der Waals surface area contributed by atoms with Crippen LogP contribution in [0, 0.1) is 6.92 Å². The van der Waals surface area contributed by atoms with E-state index in [4.69, 9.17) is 10.5 Å². The Morgan fingerprint density at radius 2 is 2.16 bits per heavy atom. The summed E-state index contributed by atoms with van der Waals surface area (Å²) in [5, 5.41) is 3.30. The largest absolute Gasteiger partial charge is 0.494 e. The van der Waals surface area contributed by atoms with E-state index in [9.17, 15) is 0 Å². The molecule has 0 aliphatic heterocycles. The number of benzene rings is 1. The summed E-state index contributed by atoms with van der Waals surface area (Å²) in [6, 6.07) is 9.95. The highest BCUT2D eigenvalue weighted by molar-refractivity contribution is 5.51. The summed E-state index contributed by atoms with van der Waals surface area (Å²) in [5.41, 5.74) is 8.56. The van der Waals surface area contributed by atoms with Crippen molar-refractivity contribution in [2.45, 2.75) is 20.4 Å². The van der Waals surface area contributed by atoms with E-state index in [1.165, 1.54) is 0 Å². The lowest BCUT2D eigenvalue weighted by atomic mass is 10.2. The molecule has 4 heteroatoms. The monoisotopic (exact) mass is 257 g/mol. The Morgan fingerprint density at radius 3 is 2.89 bits per heavy atom. The molecule has 0 saturated heterocycles. The maximum Gasteiger partial charge on any atom is 0.129 e. The Kier molecular flexibility index (Phi) is 4.23. The molecule has 19 heavy (non-hydrogen) atoms. The Labute approximate surface area is 113 Å². The van der Waals surface area contributed by atoms with Crippen LogP contribution in [0.15, 0.2) is 36.5 Å². The second kappa shape index (κ2) is 6.09. The van der Waals surface area contributed by atoms with Crippen LogP contribution in [0.1, 0.15) is 18.1 Å². The molecule has 0 bridgehead atoms. The quantitative estimate of drug-likeness (QED) is 0.864. The average Bonchev–Trinajstić information content (AvgIpc) is 2.38. The molecule has 2 aromatic rings. The maximum atomic E-state index is 5.68. The van der Waals surface area contributed by atoms with Gasteiger partial charge in [0.25, 0.3) is 0 Å². The first-order valence-electron chi connectivity index (χ1n) is 6.36. The fraction of sp³-hybridized carbons (Fsp3) is 0.267. The number of aryl methyl sites for hydroxylation is 1. The molecule has 0 spiro atoms. The van der Waals surface area contributed by atoms with E-state index in [0.29, 0.717) is 18.8 Å². The zero-order valence-corrected chi connectivity index (χ0v) is 11.3. The Balaban J connectivity index is 2.03. The SMILES string of the molecule is CCOc1cccc(CNc2ncc(N)cc2C)c1. The molecule has 4 nitrogen and oxygen atoms in total. The number of hydrogen-bond acceptors (Lipinski definition) is 4. The van der Waals surface area contributed by atoms with Gasteiger partial charge in [-0.05, 0) is 43.2 Å². The molecule has 1 aromatic heterocycles. The van der Waals surface area contributed by atoms with E-state index in [-0.39, 0.29) is 0 Å². The number of aromatic nitrogens is 1. The highest BCUT2D eigenvalue weighted by Crippen LogP contribution is 2.17. The van der Waals surface area contributed by atoms with E-state index in [1.807, 2.05) is 38.1 Å². The summed E-state index contributed by atoms with van der Waals surface area (Å²) >= 11 is 0. The van der Waals surface area contributed by atoms with Crippen molar-refractivity contribution in [2.24, 2.45) is 0 Å². The van der Waals surface area contributed by atoms with Gasteiger partial charge < -0.3 is 15.8 Å². The fourth-order valence-electron chi connectivity index (χ4n) is 1.88. The number of nitrogens with one attached hydrogen (secondary N) is 1. The average molecular weight is 257 g/mol. The van der Waals surface area contributed by atoms with Crippen LogP contribution in [0.3, 0.4) is 0 Å². The van der Waals surface area contributed by atoms with Crippen molar-refractivity contribution in [2.75, 3.05) is 17.7 Å². The van der Waals surface area contributed by atoms with Crippen LogP contribution in [-0.4, -0.2) is 11.6 Å². The summed E-state index contributed by atoms with van der Waals surface area (Å²) < 4.78 is 5.48. The minimum atomic E-state index is 0.676. The normalized spacial score (nSPS) is 10.2. The van der Waals surface area contributed by atoms with Gasteiger partial charge in [0.15, 0.2) is 0 Å². The molecule has 2 rings (SSSR count). The third kappa shape index (κ3) is 3.61. The van der Waals surface area contributed by atoms with Crippen LogP contribution in [0.4, 0.5) is 11.5 Å². The van der Waals surface area contributed by atoms with Crippen LogP contribution in [0.25, 0.3) is 0 Å². The van der Waals surface area contributed by atoms with E-state index in [1.54, 1.807) is 6.20 Å². The molecule has 1 aromatic carbocycles. The summed E-state index contributed by atoms with van der Waals surface area (Å²) in [5.74, 6) is 1.75. The lowest BCUT2D eigenvalue weighted by Gasteiger charge is -2.10. The minimum absolute atomic E-state index is 0.676. The molecule has 3 N–H and O–H groups in total. The van der Waals surface area contributed by atoms with Crippen molar-refractivity contribution in [1.29, 1.82) is 0 Å². The molecule has 0 radical (unpaired) electrons. The van der Waals surface area contributed by atoms with Crippen molar-refractivity contribution >= 4 is 11.5 Å². The van der Waals surface area contributed by atoms with Gasteiger partial charge in [-0.2, -0.15) is 0 Å². The van der Waals surface area contributed by atoms with Gasteiger partial charge in [-0.25, -0.2) is 4.98 Å². The van der Waals surface area contributed by atoms with Gasteiger partial charge in [-0.1, -0.05) is 12.1 Å². The number of nitrogen functional groups attached to an aromatic ring is 1. The van der Waals surface area contributed by atoms with Crippen molar-refractivity contribution in [3.63, 3.8) is 0 Å². The van der Waals surface area contributed by atoms with Crippen LogP contribution >= 0.6 is 0 Å². The second-order valence-corrected chi connectivity index (χ2v) is 4.37. The molecule has 100 valence electrons. The topological polar surface area (TPSA) is 60.2 Å². The number of rotatable bonds is 5. The van der Waals surface area contributed by atoms with Crippen molar-refractivity contribution < 1.29 is 4.74 Å². The van der Waals surface area contributed by atoms with E-state index >= 15 is 0 Å². The lowest BCUT2D eigenvalue weighted by Crippen LogP contribution is -2.04. The van der Waals surface area contributed by atoms with Crippen molar-refractivity contribution in [3.8, 4) is 5.75 Å². The molecular formula is C15H19N3O. The predicted octanol–water partition coefficient (Wildman–Crippen LogP) is 2.98. The van der Waals surface area contributed by atoms with Crippen LogP contribution < -0.4 is 15.8 Å². The number of pyridine rings is 1. The van der Waals surface area contributed by atoms with E-state index in [2.05, 4.69) is 16.4 Å². The van der Waals surface area contributed by atoms with Gasteiger partial charge in [0.05, 0.1) is 18.5 Å². The minimum Gasteiger partial charge on any atom is -0.494 e. The van der Waals surface area contributed by atoms with E-state index < -0.39 is 0 Å². The number of hydrogen-bond donors (Lipinski definition) is 2. The third-order valence-electron chi connectivity index (χ3n) is 2.77. The number of anilines is 2. The first-order valence-corrected chi connectivity index (χ1v) is 6.36. The Hall–Kier alpha value is -2.23. The summed E-state index contributed by atoms with van der Waals surface area (Å²) in [4.78, 5) is 4.28. The second-order valence-electron chi connectivity index (χ2n) is 4.37. The summed E-state index contributed by atoms with van der Waals surface area (Å²) in [6.45, 7) is 5.35. The van der Waals surface area contributed by atoms with Crippen molar-refractivity contribution in [1.82, 2.24) is 4.98 Å². The van der Waals surface area contributed by atoms with Crippen LogP contribution in [0.2, 0.25) is 0 Å². The fourth-order valence-corrected chi connectivity index (χ4v) is 1.88. The highest BCUT2D eigenvalue weighted by atomic mass is 16.5. The maximum absolute atomic E-state index is 5.68. The van der Waals surface area contributed by atoms with E-state index in [0.717, 1.165) is 22.7 Å². The van der Waals surface area contributed by atoms with Crippen LogP contribution in [0.5, 0.6) is 5.75 Å². The molecule has 0 aliphatic carbocycles. The Morgan fingerprint density at radius 1 is 1.32 bits per heavy atom. The lowest BCUT2D eigenvalue weighted by molar-refractivity contribution is 0.340. The molecule has 0 saturated carbocycles. The van der Waals surface area contributed by atoms with Gasteiger partial charge in [0.1, 0.15) is 11.6 Å². The number of nitrogens with zero attached hydrogens (tertiary/aromatic N) is 1. The molecule has 0 unspecified atom stereocenters.